The zero-order valence-corrected chi connectivity index (χ0v) is 18.4. The molecule has 0 unspecified atom stereocenters. The van der Waals surface area contributed by atoms with Gasteiger partial charge in [0.15, 0.2) is 0 Å². The Bertz CT molecular complexity index is 728. The largest absolute Gasteiger partial charge is 0.506 e. The molecule has 0 aliphatic rings. The highest BCUT2D eigenvalue weighted by molar-refractivity contribution is 8.33. The number of benzene rings is 2. The molecule has 0 saturated heterocycles. The maximum atomic E-state index is 11.4. The standard InChI is InChI=1S/C23H37NOS/c1-8-9-14-24-26(17(4)5,18(6)7)21-15-19-12-10-11-13-20(19)22(16(2)3)23(21)25/h10-13,15-18,24-25H,8-9,14H2,1-7H3. The van der Waals surface area contributed by atoms with Crippen molar-refractivity contribution in [3.05, 3.63) is 35.9 Å². The van der Waals surface area contributed by atoms with Crippen molar-refractivity contribution in [1.29, 1.82) is 0 Å². The van der Waals surface area contributed by atoms with E-state index in [1.165, 1.54) is 23.6 Å². The van der Waals surface area contributed by atoms with Crippen LogP contribution in [0.4, 0.5) is 0 Å². The number of fused-ring (bicyclic) bond motifs is 1. The van der Waals surface area contributed by atoms with Crippen LogP contribution in [0.2, 0.25) is 0 Å². The number of aromatic hydroxyl groups is 1. The Morgan fingerprint density at radius 2 is 1.62 bits per heavy atom. The summed E-state index contributed by atoms with van der Waals surface area (Å²) in [6, 6.07) is 10.7. The fourth-order valence-corrected chi connectivity index (χ4v) is 8.22. The van der Waals surface area contributed by atoms with E-state index in [4.69, 9.17) is 0 Å². The predicted octanol–water partition coefficient (Wildman–Crippen LogP) is 6.95. The molecule has 0 amide bonds. The van der Waals surface area contributed by atoms with Crippen LogP contribution in [0.1, 0.15) is 72.8 Å². The van der Waals surface area contributed by atoms with Crippen LogP contribution < -0.4 is 4.72 Å². The molecule has 146 valence electrons. The van der Waals surface area contributed by atoms with E-state index in [0.717, 1.165) is 17.0 Å². The molecule has 0 aliphatic heterocycles. The molecule has 2 N–H and O–H groups in total. The monoisotopic (exact) mass is 375 g/mol. The van der Waals surface area contributed by atoms with E-state index in [1.807, 2.05) is 0 Å². The van der Waals surface area contributed by atoms with E-state index in [9.17, 15) is 5.11 Å². The number of nitrogens with one attached hydrogen (secondary N) is 1. The second-order valence-corrected chi connectivity index (χ2v) is 12.1. The van der Waals surface area contributed by atoms with Gasteiger partial charge in [0.2, 0.25) is 0 Å². The van der Waals surface area contributed by atoms with Crippen LogP contribution in [0.15, 0.2) is 35.2 Å². The summed E-state index contributed by atoms with van der Waals surface area (Å²) >= 11 is 0. The van der Waals surface area contributed by atoms with Crippen LogP contribution >= 0.6 is 10.2 Å². The summed E-state index contributed by atoms with van der Waals surface area (Å²) in [5.74, 6) is 0.798. The fourth-order valence-electron chi connectivity index (χ4n) is 4.06. The third-order valence-corrected chi connectivity index (χ3v) is 10.0. The summed E-state index contributed by atoms with van der Waals surface area (Å²) in [7, 11) is -1.36. The molecule has 2 rings (SSSR count). The maximum Gasteiger partial charge on any atom is 0.132 e. The molecule has 0 saturated carbocycles. The quantitative estimate of drug-likeness (QED) is 0.489. The number of hydrogen-bond donors (Lipinski definition) is 2. The van der Waals surface area contributed by atoms with Crippen LogP contribution in [-0.4, -0.2) is 22.2 Å². The number of hydrogen-bond acceptors (Lipinski definition) is 2. The van der Waals surface area contributed by atoms with Gasteiger partial charge in [0.1, 0.15) is 5.75 Å². The topological polar surface area (TPSA) is 32.3 Å². The van der Waals surface area contributed by atoms with Crippen molar-refractivity contribution in [3.63, 3.8) is 0 Å². The first-order valence-electron chi connectivity index (χ1n) is 10.1. The Balaban J connectivity index is 2.79. The van der Waals surface area contributed by atoms with Crippen LogP contribution in [0.3, 0.4) is 0 Å². The highest BCUT2D eigenvalue weighted by atomic mass is 32.3. The number of unbranched alkanes of at least 4 members (excludes halogenated alkanes) is 1. The Kier molecular flexibility index (Phi) is 7.04. The van der Waals surface area contributed by atoms with Crippen molar-refractivity contribution in [3.8, 4) is 5.75 Å². The molecule has 2 aromatic carbocycles. The maximum absolute atomic E-state index is 11.4. The van der Waals surface area contributed by atoms with Gasteiger partial charge in [-0.05, 0) is 39.7 Å². The first-order chi connectivity index (χ1) is 12.3. The lowest BCUT2D eigenvalue weighted by atomic mass is 9.95. The molecule has 0 atom stereocenters. The molecule has 2 nitrogen and oxygen atoms in total. The zero-order chi connectivity index (χ0) is 19.5. The van der Waals surface area contributed by atoms with Gasteiger partial charge in [-0.25, -0.2) is 0 Å². The number of phenolic OH excluding ortho intramolecular Hbond substituents is 1. The zero-order valence-electron chi connectivity index (χ0n) is 17.6. The van der Waals surface area contributed by atoms with Crippen molar-refractivity contribution in [1.82, 2.24) is 4.72 Å². The average Bonchev–Trinajstić information content (AvgIpc) is 2.57. The summed E-state index contributed by atoms with van der Waals surface area (Å²) in [6.45, 7) is 16.8. The van der Waals surface area contributed by atoms with Gasteiger partial charge in [0.25, 0.3) is 0 Å². The van der Waals surface area contributed by atoms with Crippen LogP contribution in [0.25, 0.3) is 10.8 Å². The Morgan fingerprint density at radius 1 is 1.00 bits per heavy atom. The first kappa shape index (κ1) is 21.1. The van der Waals surface area contributed by atoms with Gasteiger partial charge in [-0.2, -0.15) is 10.2 Å². The van der Waals surface area contributed by atoms with Crippen molar-refractivity contribution in [2.45, 2.75) is 82.6 Å². The van der Waals surface area contributed by atoms with Gasteiger partial charge in [0.05, 0.1) is 0 Å². The van der Waals surface area contributed by atoms with Gasteiger partial charge >= 0.3 is 0 Å². The summed E-state index contributed by atoms with van der Waals surface area (Å²) in [5, 5.41) is 14.7. The second-order valence-electron chi connectivity index (χ2n) is 8.07. The minimum atomic E-state index is -1.36. The van der Waals surface area contributed by atoms with Crippen LogP contribution in [-0.2, 0) is 0 Å². The summed E-state index contributed by atoms with van der Waals surface area (Å²) < 4.78 is 3.94. The Hall–Kier alpha value is -1.19. The lowest BCUT2D eigenvalue weighted by molar-refractivity contribution is 0.452. The third-order valence-electron chi connectivity index (χ3n) is 5.33. The molecule has 0 spiro atoms. The third kappa shape index (κ3) is 3.75. The molecule has 26 heavy (non-hydrogen) atoms. The molecule has 3 heteroatoms. The minimum absolute atomic E-state index is 0.284. The normalized spacial score (nSPS) is 13.3. The fraction of sp³-hybridized carbons (Fsp3) is 0.565. The van der Waals surface area contributed by atoms with Crippen LogP contribution in [0.5, 0.6) is 5.75 Å². The molecule has 0 aromatic heterocycles. The Morgan fingerprint density at radius 3 is 2.15 bits per heavy atom. The molecular formula is C23H37NOS. The van der Waals surface area contributed by atoms with Crippen molar-refractivity contribution in [2.24, 2.45) is 0 Å². The van der Waals surface area contributed by atoms with Crippen molar-refractivity contribution in [2.75, 3.05) is 6.54 Å². The average molecular weight is 376 g/mol. The van der Waals surface area contributed by atoms with E-state index in [1.54, 1.807) is 0 Å². The minimum Gasteiger partial charge on any atom is -0.506 e. The molecule has 0 fully saturated rings. The van der Waals surface area contributed by atoms with Crippen molar-refractivity contribution < 1.29 is 5.11 Å². The van der Waals surface area contributed by atoms with Gasteiger partial charge in [-0.1, -0.05) is 79.2 Å². The number of phenols is 1. The van der Waals surface area contributed by atoms with Gasteiger partial charge < -0.3 is 5.11 Å². The molecule has 0 heterocycles. The molecule has 0 bridgehead atoms. The van der Waals surface area contributed by atoms with Gasteiger partial charge in [0, 0.05) is 17.0 Å². The Labute approximate surface area is 161 Å². The summed E-state index contributed by atoms with van der Waals surface area (Å²) in [4.78, 5) is 1.14. The summed E-state index contributed by atoms with van der Waals surface area (Å²) in [6.07, 6.45) is 2.35. The highest BCUT2D eigenvalue weighted by Crippen LogP contribution is 2.64. The van der Waals surface area contributed by atoms with Gasteiger partial charge in [-0.15, -0.1) is 0 Å². The SMILES string of the molecule is CCCCNS(c1cc2ccccc2c(C(C)C)c1O)(C(C)C)C(C)C. The number of rotatable bonds is 8. The smallest absolute Gasteiger partial charge is 0.132 e. The predicted molar refractivity (Wildman–Crippen MR) is 119 cm³/mol. The van der Waals surface area contributed by atoms with Crippen molar-refractivity contribution >= 4 is 21.0 Å². The van der Waals surface area contributed by atoms with E-state index >= 15 is 0 Å². The lowest BCUT2D eigenvalue weighted by Gasteiger charge is -2.49. The molecule has 2 aromatic rings. The van der Waals surface area contributed by atoms with E-state index < -0.39 is 10.2 Å². The van der Waals surface area contributed by atoms with E-state index in [-0.39, 0.29) is 5.92 Å². The first-order valence-corrected chi connectivity index (χ1v) is 11.8. The lowest BCUT2D eigenvalue weighted by Crippen LogP contribution is -2.35. The van der Waals surface area contributed by atoms with E-state index in [0.29, 0.717) is 16.2 Å². The van der Waals surface area contributed by atoms with Crippen LogP contribution in [0, 0.1) is 0 Å². The van der Waals surface area contributed by atoms with Gasteiger partial charge in [-0.3, -0.25) is 4.72 Å². The molecule has 0 radical (unpaired) electrons. The molecule has 0 aliphatic carbocycles. The molecular weight excluding hydrogens is 338 g/mol. The van der Waals surface area contributed by atoms with E-state index in [2.05, 4.69) is 83.5 Å². The summed E-state index contributed by atoms with van der Waals surface area (Å²) in [5.41, 5.74) is 1.09. The highest BCUT2D eigenvalue weighted by Gasteiger charge is 2.36. The second kappa shape index (κ2) is 8.67.